The van der Waals surface area contributed by atoms with Crippen molar-refractivity contribution in [1.82, 2.24) is 4.57 Å². The number of para-hydroxylation sites is 1. The van der Waals surface area contributed by atoms with Crippen LogP contribution in [0.1, 0.15) is 10.4 Å². The van der Waals surface area contributed by atoms with Crippen molar-refractivity contribution in [3.05, 3.63) is 51.8 Å². The Bertz CT molecular complexity index is 1070. The van der Waals surface area contributed by atoms with Gasteiger partial charge in [0.25, 0.3) is 5.91 Å². The molecule has 1 aliphatic rings. The maximum Gasteiger partial charge on any atom is 0.279 e. The van der Waals surface area contributed by atoms with Crippen LogP contribution in [-0.2, 0) is 11.3 Å². The molecule has 3 aromatic rings. The van der Waals surface area contributed by atoms with E-state index in [9.17, 15) is 4.79 Å². The summed E-state index contributed by atoms with van der Waals surface area (Å²) in [6, 6.07) is 10.8. The molecule has 0 saturated carbocycles. The number of thiazole rings is 1. The van der Waals surface area contributed by atoms with Crippen LogP contribution in [0.15, 0.2) is 41.4 Å². The van der Waals surface area contributed by atoms with Crippen molar-refractivity contribution in [3.8, 4) is 11.5 Å². The van der Waals surface area contributed by atoms with E-state index in [4.69, 9.17) is 25.8 Å². The van der Waals surface area contributed by atoms with Gasteiger partial charge < -0.3 is 18.8 Å². The van der Waals surface area contributed by atoms with Crippen LogP contribution < -0.4 is 14.3 Å². The molecular weight excluding hydrogens is 388 g/mol. The van der Waals surface area contributed by atoms with Crippen molar-refractivity contribution in [3.63, 3.8) is 0 Å². The first-order valence-corrected chi connectivity index (χ1v) is 9.62. The molecule has 8 heteroatoms. The fourth-order valence-electron chi connectivity index (χ4n) is 2.89. The van der Waals surface area contributed by atoms with Crippen LogP contribution in [0.5, 0.6) is 11.5 Å². The predicted molar refractivity (Wildman–Crippen MR) is 104 cm³/mol. The molecule has 2 heterocycles. The van der Waals surface area contributed by atoms with Gasteiger partial charge in [0.05, 0.1) is 21.8 Å². The van der Waals surface area contributed by atoms with Gasteiger partial charge in [-0.25, -0.2) is 0 Å². The van der Waals surface area contributed by atoms with Crippen molar-refractivity contribution in [2.24, 2.45) is 4.99 Å². The number of carbonyl (C=O) groups excluding carboxylic acids is 1. The predicted octanol–water partition coefficient (Wildman–Crippen LogP) is 3.51. The maximum atomic E-state index is 12.8. The second-order valence-electron chi connectivity index (χ2n) is 5.89. The van der Waals surface area contributed by atoms with Gasteiger partial charge in [0.15, 0.2) is 16.3 Å². The summed E-state index contributed by atoms with van der Waals surface area (Å²) in [5.41, 5.74) is 1.30. The number of methoxy groups -OCH3 is 1. The van der Waals surface area contributed by atoms with E-state index >= 15 is 0 Å². The Morgan fingerprint density at radius 3 is 2.89 bits per heavy atom. The topological polar surface area (TPSA) is 62.1 Å². The minimum Gasteiger partial charge on any atom is -0.486 e. The highest BCUT2D eigenvalue weighted by molar-refractivity contribution is 7.16. The van der Waals surface area contributed by atoms with Gasteiger partial charge in [0.1, 0.15) is 13.2 Å². The number of rotatable bonds is 4. The normalized spacial score (nSPS) is 13.9. The molecule has 0 fully saturated rings. The standard InChI is InChI=1S/C19H17ClN2O4S/c1-24-8-7-22-17-13(20)3-2-4-16(17)27-19(22)21-18(23)12-5-6-14-15(11-12)26-10-9-25-14/h2-6,11H,7-10H2,1H3. The van der Waals surface area contributed by atoms with E-state index in [2.05, 4.69) is 4.99 Å². The Labute approximate surface area is 164 Å². The van der Waals surface area contributed by atoms with E-state index < -0.39 is 0 Å². The Morgan fingerprint density at radius 1 is 1.26 bits per heavy atom. The second-order valence-corrected chi connectivity index (χ2v) is 7.31. The van der Waals surface area contributed by atoms with Gasteiger partial charge in [0, 0.05) is 19.2 Å². The summed E-state index contributed by atoms with van der Waals surface area (Å²) in [7, 11) is 1.63. The Kier molecular flexibility index (Phi) is 5.15. The van der Waals surface area contributed by atoms with Crippen LogP contribution in [0.25, 0.3) is 10.2 Å². The molecule has 1 amide bonds. The van der Waals surface area contributed by atoms with Gasteiger partial charge in [-0.1, -0.05) is 29.0 Å². The second kappa shape index (κ2) is 7.72. The average Bonchev–Trinajstić information content (AvgIpc) is 3.04. The number of amides is 1. The van der Waals surface area contributed by atoms with E-state index in [0.29, 0.717) is 53.3 Å². The molecule has 27 heavy (non-hydrogen) atoms. The molecule has 1 aliphatic heterocycles. The molecule has 0 aliphatic carbocycles. The number of hydrogen-bond donors (Lipinski definition) is 0. The molecule has 140 valence electrons. The molecule has 4 rings (SSSR count). The number of fused-ring (bicyclic) bond motifs is 2. The Balaban J connectivity index is 1.77. The smallest absolute Gasteiger partial charge is 0.279 e. The van der Waals surface area contributed by atoms with E-state index in [1.165, 1.54) is 11.3 Å². The molecule has 0 saturated heterocycles. The SMILES string of the molecule is COCCn1c(=NC(=O)c2ccc3c(c2)OCCO3)sc2cccc(Cl)c21. The summed E-state index contributed by atoms with van der Waals surface area (Å²) < 4.78 is 19.1. The first-order chi connectivity index (χ1) is 13.2. The molecule has 6 nitrogen and oxygen atoms in total. The molecule has 0 spiro atoms. The minimum absolute atomic E-state index is 0.346. The number of halogens is 1. The molecule has 0 radical (unpaired) electrons. The van der Waals surface area contributed by atoms with E-state index in [0.717, 1.165) is 10.2 Å². The van der Waals surface area contributed by atoms with Crippen molar-refractivity contribution in [1.29, 1.82) is 0 Å². The zero-order valence-corrected chi connectivity index (χ0v) is 16.2. The summed E-state index contributed by atoms with van der Waals surface area (Å²) in [5, 5.41) is 0.619. The van der Waals surface area contributed by atoms with Gasteiger partial charge in [0.2, 0.25) is 0 Å². The molecule has 0 bridgehead atoms. The highest BCUT2D eigenvalue weighted by Gasteiger charge is 2.16. The van der Waals surface area contributed by atoms with Gasteiger partial charge in [-0.2, -0.15) is 4.99 Å². The molecular formula is C19H17ClN2O4S. The zero-order chi connectivity index (χ0) is 18.8. The van der Waals surface area contributed by atoms with Crippen LogP contribution in [0, 0.1) is 0 Å². The zero-order valence-electron chi connectivity index (χ0n) is 14.6. The summed E-state index contributed by atoms with van der Waals surface area (Å²) >= 11 is 7.80. The van der Waals surface area contributed by atoms with Gasteiger partial charge >= 0.3 is 0 Å². The fraction of sp³-hybridized carbons (Fsp3) is 0.263. The summed E-state index contributed by atoms with van der Waals surface area (Å²) in [4.78, 5) is 17.7. The van der Waals surface area contributed by atoms with Crippen molar-refractivity contribution >= 4 is 39.1 Å². The Hall–Kier alpha value is -2.35. The van der Waals surface area contributed by atoms with Crippen LogP contribution in [0.3, 0.4) is 0 Å². The summed E-state index contributed by atoms with van der Waals surface area (Å²) in [6.07, 6.45) is 0. The third-order valence-corrected chi connectivity index (χ3v) is 5.51. The number of ether oxygens (including phenoxy) is 3. The third-order valence-electron chi connectivity index (χ3n) is 4.16. The quantitative estimate of drug-likeness (QED) is 0.667. The van der Waals surface area contributed by atoms with Crippen LogP contribution in [-0.4, -0.2) is 37.4 Å². The largest absolute Gasteiger partial charge is 0.486 e. The van der Waals surface area contributed by atoms with Crippen molar-refractivity contribution in [2.75, 3.05) is 26.9 Å². The molecule has 2 aromatic carbocycles. The van der Waals surface area contributed by atoms with Crippen LogP contribution in [0.4, 0.5) is 0 Å². The molecule has 0 atom stereocenters. The lowest BCUT2D eigenvalue weighted by molar-refractivity contribution is 0.0996. The number of nitrogens with zero attached hydrogens (tertiary/aromatic N) is 2. The van der Waals surface area contributed by atoms with Gasteiger partial charge in [-0.05, 0) is 30.3 Å². The fourth-order valence-corrected chi connectivity index (χ4v) is 4.30. The number of benzene rings is 2. The third kappa shape index (κ3) is 3.58. The molecule has 0 unspecified atom stereocenters. The van der Waals surface area contributed by atoms with Gasteiger partial charge in [-0.15, -0.1) is 0 Å². The minimum atomic E-state index is -0.346. The molecule has 1 aromatic heterocycles. The highest BCUT2D eigenvalue weighted by Crippen LogP contribution is 2.31. The number of carbonyl (C=O) groups is 1. The lowest BCUT2D eigenvalue weighted by Crippen LogP contribution is -2.20. The van der Waals surface area contributed by atoms with Crippen LogP contribution >= 0.6 is 22.9 Å². The average molecular weight is 405 g/mol. The lowest BCUT2D eigenvalue weighted by atomic mass is 10.2. The highest BCUT2D eigenvalue weighted by atomic mass is 35.5. The van der Waals surface area contributed by atoms with Crippen LogP contribution in [0.2, 0.25) is 5.02 Å². The first kappa shape index (κ1) is 18.0. The maximum absolute atomic E-state index is 12.8. The van der Waals surface area contributed by atoms with Crippen molar-refractivity contribution < 1.29 is 19.0 Å². The summed E-state index contributed by atoms with van der Waals surface area (Å²) in [5.74, 6) is 0.858. The lowest BCUT2D eigenvalue weighted by Gasteiger charge is -2.18. The van der Waals surface area contributed by atoms with Gasteiger partial charge in [-0.3, -0.25) is 4.79 Å². The Morgan fingerprint density at radius 2 is 2.07 bits per heavy atom. The van der Waals surface area contributed by atoms with E-state index in [1.54, 1.807) is 25.3 Å². The van der Waals surface area contributed by atoms with Crippen molar-refractivity contribution in [2.45, 2.75) is 6.54 Å². The van der Waals surface area contributed by atoms with E-state index in [1.807, 2.05) is 22.8 Å². The first-order valence-electron chi connectivity index (χ1n) is 8.43. The molecule has 0 N–H and O–H groups in total. The number of aromatic nitrogens is 1. The monoisotopic (exact) mass is 404 g/mol. The number of hydrogen-bond acceptors (Lipinski definition) is 5. The van der Waals surface area contributed by atoms with E-state index in [-0.39, 0.29) is 5.91 Å². The summed E-state index contributed by atoms with van der Waals surface area (Å²) in [6.45, 7) is 2.01.